The SMILES string of the molecule is CC(C)(C)[Si](C)(C)OCCOc1ccnc(Cl)c1[N+](=O)[O-]. The zero-order chi connectivity index (χ0) is 16.3. The second-order valence-electron chi connectivity index (χ2n) is 6.16. The first-order valence-electron chi connectivity index (χ1n) is 6.62. The lowest BCUT2D eigenvalue weighted by molar-refractivity contribution is -0.386. The molecular weight excluding hydrogens is 312 g/mol. The Labute approximate surface area is 130 Å². The fourth-order valence-electron chi connectivity index (χ4n) is 1.36. The third kappa shape index (κ3) is 4.65. The molecule has 0 aliphatic rings. The first-order valence-corrected chi connectivity index (χ1v) is 9.90. The van der Waals surface area contributed by atoms with Crippen LogP contribution in [0.4, 0.5) is 5.69 Å². The third-order valence-corrected chi connectivity index (χ3v) is 8.45. The average molecular weight is 333 g/mol. The molecule has 0 fully saturated rings. The highest BCUT2D eigenvalue weighted by Crippen LogP contribution is 2.36. The van der Waals surface area contributed by atoms with E-state index in [4.69, 9.17) is 20.8 Å². The van der Waals surface area contributed by atoms with E-state index in [1.54, 1.807) is 0 Å². The van der Waals surface area contributed by atoms with Crippen LogP contribution in [0, 0.1) is 10.1 Å². The zero-order valence-corrected chi connectivity index (χ0v) is 14.7. The maximum absolute atomic E-state index is 10.9. The normalized spacial score (nSPS) is 12.3. The van der Waals surface area contributed by atoms with E-state index in [2.05, 4.69) is 38.8 Å². The number of pyridine rings is 1. The number of halogens is 1. The van der Waals surface area contributed by atoms with E-state index in [0.29, 0.717) is 6.61 Å². The van der Waals surface area contributed by atoms with Gasteiger partial charge >= 0.3 is 5.69 Å². The zero-order valence-electron chi connectivity index (χ0n) is 13.0. The lowest BCUT2D eigenvalue weighted by atomic mass is 10.2. The van der Waals surface area contributed by atoms with E-state index < -0.39 is 13.2 Å². The Morgan fingerprint density at radius 2 is 2.00 bits per heavy atom. The van der Waals surface area contributed by atoms with Gasteiger partial charge in [0.15, 0.2) is 8.32 Å². The Hall–Kier alpha value is -1.18. The standard InChI is InChI=1S/C13H21ClN2O4Si/c1-13(2,3)21(4,5)20-9-8-19-10-6-7-15-12(14)11(10)16(17)18/h6-7H,8-9H2,1-5H3. The molecule has 0 N–H and O–H groups in total. The van der Waals surface area contributed by atoms with Crippen molar-refractivity contribution in [1.29, 1.82) is 0 Å². The number of nitro groups is 1. The molecule has 0 radical (unpaired) electrons. The van der Waals surface area contributed by atoms with E-state index in [1.807, 2.05) is 0 Å². The van der Waals surface area contributed by atoms with Crippen molar-refractivity contribution in [1.82, 2.24) is 4.98 Å². The Bertz CT molecular complexity index is 517. The molecule has 0 spiro atoms. The lowest BCUT2D eigenvalue weighted by Crippen LogP contribution is -2.41. The lowest BCUT2D eigenvalue weighted by Gasteiger charge is -2.36. The molecule has 0 unspecified atom stereocenters. The average Bonchev–Trinajstić information content (AvgIpc) is 2.32. The summed E-state index contributed by atoms with van der Waals surface area (Å²) in [5.41, 5.74) is -0.313. The number of rotatable bonds is 6. The predicted octanol–water partition coefficient (Wildman–Crippen LogP) is 4.04. The summed E-state index contributed by atoms with van der Waals surface area (Å²) in [6, 6.07) is 1.43. The highest BCUT2D eigenvalue weighted by Gasteiger charge is 2.37. The van der Waals surface area contributed by atoms with E-state index in [0.717, 1.165) is 0 Å². The van der Waals surface area contributed by atoms with Crippen LogP contribution in [0.3, 0.4) is 0 Å². The molecular formula is C13H21ClN2O4Si. The van der Waals surface area contributed by atoms with Crippen LogP contribution in [0.25, 0.3) is 0 Å². The highest BCUT2D eigenvalue weighted by molar-refractivity contribution is 6.74. The van der Waals surface area contributed by atoms with E-state index >= 15 is 0 Å². The number of ether oxygens (including phenoxy) is 1. The molecule has 6 nitrogen and oxygen atoms in total. The van der Waals surface area contributed by atoms with Gasteiger partial charge in [0.1, 0.15) is 6.61 Å². The van der Waals surface area contributed by atoms with Crippen LogP contribution in [0.5, 0.6) is 5.75 Å². The van der Waals surface area contributed by atoms with Gasteiger partial charge in [0.2, 0.25) is 10.9 Å². The second kappa shape index (κ2) is 6.72. The van der Waals surface area contributed by atoms with Gasteiger partial charge in [0, 0.05) is 12.3 Å². The molecule has 1 aromatic heterocycles. The highest BCUT2D eigenvalue weighted by atomic mass is 35.5. The summed E-state index contributed by atoms with van der Waals surface area (Å²) in [5.74, 6) is 0.110. The molecule has 0 amide bonds. The van der Waals surface area contributed by atoms with Crippen molar-refractivity contribution in [2.75, 3.05) is 13.2 Å². The minimum Gasteiger partial charge on any atom is -0.484 e. The molecule has 1 heterocycles. The monoisotopic (exact) mass is 332 g/mol. The van der Waals surface area contributed by atoms with Gasteiger partial charge < -0.3 is 9.16 Å². The van der Waals surface area contributed by atoms with Gasteiger partial charge in [0.25, 0.3) is 0 Å². The van der Waals surface area contributed by atoms with E-state index in [1.165, 1.54) is 12.3 Å². The van der Waals surface area contributed by atoms with Crippen molar-refractivity contribution in [2.24, 2.45) is 0 Å². The van der Waals surface area contributed by atoms with E-state index in [9.17, 15) is 10.1 Å². The molecule has 0 aromatic carbocycles. The summed E-state index contributed by atoms with van der Waals surface area (Å²) < 4.78 is 11.4. The maximum Gasteiger partial charge on any atom is 0.347 e. The van der Waals surface area contributed by atoms with Crippen molar-refractivity contribution in [3.63, 3.8) is 0 Å². The largest absolute Gasteiger partial charge is 0.484 e. The van der Waals surface area contributed by atoms with Crippen LogP contribution in [-0.4, -0.2) is 31.4 Å². The number of aromatic nitrogens is 1. The van der Waals surface area contributed by atoms with Crippen molar-refractivity contribution in [3.8, 4) is 5.75 Å². The molecule has 1 rings (SSSR count). The smallest absolute Gasteiger partial charge is 0.347 e. The molecule has 21 heavy (non-hydrogen) atoms. The molecule has 0 saturated heterocycles. The van der Waals surface area contributed by atoms with E-state index in [-0.39, 0.29) is 28.2 Å². The first-order chi connectivity index (χ1) is 9.56. The molecule has 0 saturated carbocycles. The van der Waals surface area contributed by atoms with Gasteiger partial charge in [-0.1, -0.05) is 32.4 Å². The van der Waals surface area contributed by atoms with Crippen molar-refractivity contribution < 1.29 is 14.1 Å². The summed E-state index contributed by atoms with van der Waals surface area (Å²) in [7, 11) is -1.84. The van der Waals surface area contributed by atoms with Gasteiger partial charge in [-0.2, -0.15) is 0 Å². The molecule has 118 valence electrons. The Kier molecular flexibility index (Phi) is 5.72. The van der Waals surface area contributed by atoms with Crippen LogP contribution in [0.15, 0.2) is 12.3 Å². The predicted molar refractivity (Wildman–Crippen MR) is 84.5 cm³/mol. The molecule has 0 aliphatic carbocycles. The Balaban J connectivity index is 2.62. The van der Waals surface area contributed by atoms with Gasteiger partial charge in [-0.15, -0.1) is 0 Å². The summed E-state index contributed by atoms with van der Waals surface area (Å²) in [6.45, 7) is 11.3. The summed E-state index contributed by atoms with van der Waals surface area (Å²) >= 11 is 5.71. The number of hydrogen-bond donors (Lipinski definition) is 0. The fraction of sp³-hybridized carbons (Fsp3) is 0.615. The molecule has 1 aromatic rings. The van der Waals surface area contributed by atoms with Crippen LogP contribution >= 0.6 is 11.6 Å². The second-order valence-corrected chi connectivity index (χ2v) is 11.3. The van der Waals surface area contributed by atoms with Crippen LogP contribution in [0.2, 0.25) is 23.3 Å². The van der Waals surface area contributed by atoms with Gasteiger partial charge in [-0.3, -0.25) is 10.1 Å². The fourth-order valence-corrected chi connectivity index (χ4v) is 2.60. The minimum absolute atomic E-state index is 0.110. The third-order valence-electron chi connectivity index (χ3n) is 3.64. The van der Waals surface area contributed by atoms with Gasteiger partial charge in [0.05, 0.1) is 11.5 Å². The van der Waals surface area contributed by atoms with Gasteiger partial charge in [-0.05, 0) is 18.1 Å². The summed E-state index contributed by atoms with van der Waals surface area (Å²) in [5, 5.41) is 10.9. The quantitative estimate of drug-likeness (QED) is 0.258. The van der Waals surface area contributed by atoms with Crippen molar-refractivity contribution in [2.45, 2.75) is 38.9 Å². The van der Waals surface area contributed by atoms with Crippen molar-refractivity contribution in [3.05, 3.63) is 27.5 Å². The van der Waals surface area contributed by atoms with Crippen LogP contribution in [-0.2, 0) is 4.43 Å². The Morgan fingerprint density at radius 1 is 1.38 bits per heavy atom. The van der Waals surface area contributed by atoms with Crippen molar-refractivity contribution >= 4 is 25.6 Å². The molecule has 0 aliphatic heterocycles. The number of nitrogens with zero attached hydrogens (tertiary/aromatic N) is 2. The Morgan fingerprint density at radius 3 is 2.52 bits per heavy atom. The topological polar surface area (TPSA) is 74.5 Å². The number of hydrogen-bond acceptors (Lipinski definition) is 5. The summed E-state index contributed by atoms with van der Waals surface area (Å²) in [4.78, 5) is 14.0. The van der Waals surface area contributed by atoms with Gasteiger partial charge in [-0.25, -0.2) is 4.98 Å². The maximum atomic E-state index is 10.9. The molecule has 0 atom stereocenters. The molecule has 0 bridgehead atoms. The summed E-state index contributed by atoms with van der Waals surface area (Å²) in [6.07, 6.45) is 1.37. The minimum atomic E-state index is -1.84. The molecule has 8 heteroatoms. The van der Waals surface area contributed by atoms with Crippen LogP contribution < -0.4 is 4.74 Å². The van der Waals surface area contributed by atoms with Crippen LogP contribution in [0.1, 0.15) is 20.8 Å². The first kappa shape index (κ1) is 17.9.